The van der Waals surface area contributed by atoms with E-state index < -0.39 is 35.5 Å². The van der Waals surface area contributed by atoms with Crippen LogP contribution in [0.5, 0.6) is 5.75 Å². The van der Waals surface area contributed by atoms with Crippen molar-refractivity contribution in [3.05, 3.63) is 107 Å². The molecule has 0 unspecified atom stereocenters. The third-order valence-electron chi connectivity index (χ3n) is 6.55. The quantitative estimate of drug-likeness (QED) is 0.216. The number of amides is 2. The van der Waals surface area contributed by atoms with E-state index in [4.69, 9.17) is 9.47 Å². The third-order valence-corrected chi connectivity index (χ3v) is 6.55. The molecule has 0 radical (unpaired) electrons. The smallest absolute Gasteiger partial charge is 0.337 e. The summed E-state index contributed by atoms with van der Waals surface area (Å²) >= 11 is 0. The van der Waals surface area contributed by atoms with E-state index in [9.17, 15) is 18.8 Å². The number of imide groups is 1. The first kappa shape index (κ1) is 25.7. The van der Waals surface area contributed by atoms with E-state index in [0.717, 1.165) is 24.3 Å². The molecule has 0 spiro atoms. The Hall–Kier alpha value is -5.52. The lowest BCUT2D eigenvalue weighted by Gasteiger charge is -2.22. The minimum atomic E-state index is -0.906. The molecule has 4 heterocycles. The van der Waals surface area contributed by atoms with Crippen LogP contribution in [0, 0.1) is 11.6 Å². The summed E-state index contributed by atoms with van der Waals surface area (Å²) in [4.78, 5) is 48.2. The van der Waals surface area contributed by atoms with E-state index >= 15 is 4.39 Å². The van der Waals surface area contributed by atoms with Crippen molar-refractivity contribution >= 4 is 34.5 Å². The van der Waals surface area contributed by atoms with Gasteiger partial charge in [0.25, 0.3) is 11.8 Å². The number of rotatable bonds is 6. The monoisotopic (exact) mass is 555 g/mol. The van der Waals surface area contributed by atoms with E-state index in [2.05, 4.69) is 15.1 Å². The standard InChI is InChI=1S/C29H19F2N5O5/c1-15(24-22(13-18(30)14-32-24)35-9-5-8-33-35)41-23-12-16-10-17(29(39)40-2)11-21(31)25(16)34-26(23)36-27(37)19-6-3-4-7-20(19)28(36)38/h3-15H,1-2H3/t15-/m0/s1. The first-order valence-corrected chi connectivity index (χ1v) is 12.3. The Morgan fingerprint density at radius 1 is 1.00 bits per heavy atom. The zero-order chi connectivity index (χ0) is 28.8. The number of anilines is 1. The van der Waals surface area contributed by atoms with Crippen LogP contribution in [0.4, 0.5) is 14.6 Å². The van der Waals surface area contributed by atoms with Gasteiger partial charge in [-0.25, -0.2) is 28.1 Å². The van der Waals surface area contributed by atoms with Gasteiger partial charge in [0, 0.05) is 23.8 Å². The van der Waals surface area contributed by atoms with Crippen LogP contribution in [-0.2, 0) is 4.74 Å². The fraction of sp³-hybridized carbons (Fsp3) is 0.103. The van der Waals surface area contributed by atoms with E-state index in [0.29, 0.717) is 0 Å². The molecule has 1 aliphatic heterocycles. The molecule has 41 heavy (non-hydrogen) atoms. The summed E-state index contributed by atoms with van der Waals surface area (Å²) in [6.07, 6.45) is 3.23. The van der Waals surface area contributed by atoms with Crippen LogP contribution in [0.25, 0.3) is 16.6 Å². The fourth-order valence-corrected chi connectivity index (χ4v) is 4.67. The second-order valence-electron chi connectivity index (χ2n) is 9.09. The van der Waals surface area contributed by atoms with Crippen molar-refractivity contribution in [2.24, 2.45) is 0 Å². The van der Waals surface area contributed by atoms with E-state index in [1.165, 1.54) is 41.2 Å². The van der Waals surface area contributed by atoms with Gasteiger partial charge in [-0.3, -0.25) is 14.6 Å². The maximum absolute atomic E-state index is 15.2. The van der Waals surface area contributed by atoms with Gasteiger partial charge in [-0.15, -0.1) is 0 Å². The van der Waals surface area contributed by atoms with Gasteiger partial charge in [0.2, 0.25) is 0 Å². The topological polar surface area (TPSA) is 117 Å². The number of pyridine rings is 2. The molecule has 0 N–H and O–H groups in total. The van der Waals surface area contributed by atoms with E-state index in [1.807, 2.05) is 0 Å². The number of methoxy groups -OCH3 is 1. The molecule has 0 bridgehead atoms. The lowest BCUT2D eigenvalue weighted by atomic mass is 10.1. The van der Waals surface area contributed by atoms with Crippen LogP contribution in [0.15, 0.2) is 73.2 Å². The fourth-order valence-electron chi connectivity index (χ4n) is 4.67. The summed E-state index contributed by atoms with van der Waals surface area (Å²) in [7, 11) is 1.16. The second-order valence-corrected chi connectivity index (χ2v) is 9.09. The van der Waals surface area contributed by atoms with Crippen LogP contribution >= 0.6 is 0 Å². The Bertz CT molecular complexity index is 1840. The summed E-state index contributed by atoms with van der Waals surface area (Å²) in [6.45, 7) is 1.62. The maximum atomic E-state index is 15.2. The number of benzene rings is 2. The van der Waals surface area contributed by atoms with Crippen LogP contribution in [0.1, 0.15) is 49.8 Å². The zero-order valence-corrected chi connectivity index (χ0v) is 21.5. The second kappa shape index (κ2) is 9.90. The third kappa shape index (κ3) is 4.35. The molecule has 10 nitrogen and oxygen atoms in total. The highest BCUT2D eigenvalue weighted by atomic mass is 19.1. The van der Waals surface area contributed by atoms with Gasteiger partial charge in [0.05, 0.1) is 35.7 Å². The van der Waals surface area contributed by atoms with Crippen LogP contribution in [0.2, 0.25) is 0 Å². The summed E-state index contributed by atoms with van der Waals surface area (Å²) in [5, 5.41) is 4.29. The Morgan fingerprint density at radius 3 is 2.39 bits per heavy atom. The molecule has 6 rings (SSSR count). The van der Waals surface area contributed by atoms with Crippen molar-refractivity contribution in [3.8, 4) is 11.4 Å². The molecular formula is C29H19F2N5O5. The number of fused-ring (bicyclic) bond motifs is 2. The number of aromatic nitrogens is 4. The van der Waals surface area contributed by atoms with Crippen LogP contribution < -0.4 is 9.64 Å². The van der Waals surface area contributed by atoms with Crippen molar-refractivity contribution in [1.29, 1.82) is 0 Å². The van der Waals surface area contributed by atoms with Gasteiger partial charge in [0.15, 0.2) is 11.6 Å². The Kier molecular flexibility index (Phi) is 6.22. The van der Waals surface area contributed by atoms with Gasteiger partial charge in [-0.2, -0.15) is 5.10 Å². The number of halogens is 2. The van der Waals surface area contributed by atoms with Crippen molar-refractivity contribution in [2.75, 3.05) is 12.0 Å². The first-order valence-electron chi connectivity index (χ1n) is 12.3. The predicted octanol–water partition coefficient (Wildman–Crippen LogP) is 4.82. The summed E-state index contributed by atoms with van der Waals surface area (Å²) < 4.78 is 41.7. The van der Waals surface area contributed by atoms with Crippen molar-refractivity contribution in [2.45, 2.75) is 13.0 Å². The first-order chi connectivity index (χ1) is 19.8. The molecule has 0 aliphatic carbocycles. The molecule has 0 fully saturated rings. The number of hydrogen-bond donors (Lipinski definition) is 0. The molecule has 12 heteroatoms. The summed E-state index contributed by atoms with van der Waals surface area (Å²) in [5.74, 6) is -3.93. The molecule has 2 aromatic carbocycles. The normalized spacial score (nSPS) is 13.4. The van der Waals surface area contributed by atoms with Crippen LogP contribution in [-0.4, -0.2) is 44.6 Å². The van der Waals surface area contributed by atoms with Crippen molar-refractivity contribution in [1.82, 2.24) is 19.7 Å². The van der Waals surface area contributed by atoms with Gasteiger partial charge < -0.3 is 9.47 Å². The lowest BCUT2D eigenvalue weighted by molar-refractivity contribution is 0.0600. The average Bonchev–Trinajstić information content (AvgIpc) is 3.59. The number of carbonyl (C=O) groups excluding carboxylic acids is 3. The molecule has 3 aromatic heterocycles. The minimum absolute atomic E-state index is 0.0760. The maximum Gasteiger partial charge on any atom is 0.337 e. The highest BCUT2D eigenvalue weighted by Gasteiger charge is 2.39. The minimum Gasteiger partial charge on any atom is -0.480 e. The van der Waals surface area contributed by atoms with Crippen molar-refractivity contribution < 1.29 is 32.6 Å². The molecule has 5 aromatic rings. The number of carbonyl (C=O) groups is 3. The van der Waals surface area contributed by atoms with Gasteiger partial charge in [-0.1, -0.05) is 12.1 Å². The summed E-state index contributed by atoms with van der Waals surface area (Å²) in [5.41, 5.74) is 0.590. The molecule has 0 saturated carbocycles. The molecular weight excluding hydrogens is 536 g/mol. The molecule has 2 amide bonds. The Balaban J connectivity index is 1.51. The molecule has 0 saturated heterocycles. The SMILES string of the molecule is COC(=O)c1cc(F)c2nc(N3C(=O)c4ccccc4C3=O)c(O[C@@H](C)c3ncc(F)cc3-n3cccn3)cc2c1. The number of nitrogens with zero attached hydrogens (tertiary/aromatic N) is 5. The van der Waals surface area contributed by atoms with Gasteiger partial charge in [0.1, 0.15) is 28.9 Å². The van der Waals surface area contributed by atoms with Crippen molar-refractivity contribution in [3.63, 3.8) is 0 Å². The van der Waals surface area contributed by atoms with Crippen LogP contribution in [0.3, 0.4) is 0 Å². The van der Waals surface area contributed by atoms with E-state index in [1.54, 1.807) is 31.3 Å². The number of hydrogen-bond acceptors (Lipinski definition) is 8. The zero-order valence-electron chi connectivity index (χ0n) is 21.5. The average molecular weight is 555 g/mol. The largest absolute Gasteiger partial charge is 0.480 e. The lowest BCUT2D eigenvalue weighted by Crippen LogP contribution is -2.31. The predicted molar refractivity (Wildman–Crippen MR) is 141 cm³/mol. The number of esters is 1. The highest BCUT2D eigenvalue weighted by Crippen LogP contribution is 2.39. The van der Waals surface area contributed by atoms with Gasteiger partial charge in [-0.05, 0) is 43.3 Å². The number of ether oxygens (including phenoxy) is 2. The molecule has 204 valence electrons. The summed E-state index contributed by atoms with van der Waals surface area (Å²) in [6, 6.07) is 12.8. The van der Waals surface area contributed by atoms with Gasteiger partial charge >= 0.3 is 5.97 Å². The Labute approximate surface area is 230 Å². The molecule has 1 atom stereocenters. The highest BCUT2D eigenvalue weighted by molar-refractivity contribution is 6.34. The van der Waals surface area contributed by atoms with E-state index in [-0.39, 0.29) is 50.5 Å². The molecule has 1 aliphatic rings. The Morgan fingerprint density at radius 2 is 1.73 bits per heavy atom.